The smallest absolute Gasteiger partial charge is 0.170 e. The summed E-state index contributed by atoms with van der Waals surface area (Å²) in [7, 11) is 0. The molecule has 1 aliphatic carbocycles. The Morgan fingerprint density at radius 2 is 2.24 bits per heavy atom. The topological polar surface area (TPSA) is 58.9 Å². The molecule has 0 saturated carbocycles. The Bertz CT molecular complexity index is 828. The Kier molecular flexibility index (Phi) is 2.70. The maximum atomic E-state index is 12.8. The maximum Gasteiger partial charge on any atom is 0.170 e. The van der Waals surface area contributed by atoms with Gasteiger partial charge < -0.3 is 9.40 Å². The van der Waals surface area contributed by atoms with Crippen molar-refractivity contribution in [3.05, 3.63) is 53.3 Å². The molecule has 0 amide bonds. The third kappa shape index (κ3) is 1.90. The molecular weight excluding hydrogens is 264 g/mol. The molecule has 106 valence electrons. The number of hydrogen-bond donors (Lipinski definition) is 1. The number of aromatic nitrogens is 2. The standard InChI is InChI=1S/C17H16N2O2/c1-10-13(19-9-18-10)8-11-6-7-15-16(17(11)20)12-4-2-3-5-14(12)21-15/h2-5,9,11H,6-8H2,1H3,(H,18,19). The van der Waals surface area contributed by atoms with Gasteiger partial charge in [0.15, 0.2) is 5.78 Å². The van der Waals surface area contributed by atoms with Crippen LogP contribution in [0.5, 0.6) is 0 Å². The zero-order valence-corrected chi connectivity index (χ0v) is 11.8. The van der Waals surface area contributed by atoms with Crippen LogP contribution in [0.3, 0.4) is 0 Å². The summed E-state index contributed by atoms with van der Waals surface area (Å²) in [5, 5.41) is 0.945. The van der Waals surface area contributed by atoms with E-state index in [1.165, 1.54) is 0 Å². The first-order valence-corrected chi connectivity index (χ1v) is 7.27. The first-order chi connectivity index (χ1) is 10.2. The molecule has 0 spiro atoms. The van der Waals surface area contributed by atoms with Crippen LogP contribution in [0.1, 0.15) is 33.9 Å². The number of aryl methyl sites for hydroxylation is 2. The van der Waals surface area contributed by atoms with E-state index in [1.807, 2.05) is 31.2 Å². The van der Waals surface area contributed by atoms with Crippen molar-refractivity contribution in [2.45, 2.75) is 26.2 Å². The molecule has 4 nitrogen and oxygen atoms in total. The predicted molar refractivity (Wildman–Crippen MR) is 79.4 cm³/mol. The molecule has 1 aliphatic rings. The summed E-state index contributed by atoms with van der Waals surface area (Å²) in [6.45, 7) is 1.99. The third-order valence-corrected chi connectivity index (χ3v) is 4.38. The number of imidazole rings is 1. The van der Waals surface area contributed by atoms with Crippen LogP contribution in [0.25, 0.3) is 11.0 Å². The summed E-state index contributed by atoms with van der Waals surface area (Å²) in [4.78, 5) is 20.2. The highest BCUT2D eigenvalue weighted by atomic mass is 16.3. The molecule has 3 aromatic rings. The Hall–Kier alpha value is -2.36. The zero-order chi connectivity index (χ0) is 14.4. The van der Waals surface area contributed by atoms with Gasteiger partial charge in [0.1, 0.15) is 11.3 Å². The van der Waals surface area contributed by atoms with Crippen molar-refractivity contribution in [1.29, 1.82) is 0 Å². The number of ketones is 1. The second kappa shape index (κ2) is 4.58. The van der Waals surface area contributed by atoms with E-state index in [1.54, 1.807) is 6.33 Å². The lowest BCUT2D eigenvalue weighted by atomic mass is 9.82. The molecule has 0 bridgehead atoms. The van der Waals surface area contributed by atoms with Gasteiger partial charge in [-0.15, -0.1) is 0 Å². The van der Waals surface area contributed by atoms with E-state index >= 15 is 0 Å². The first kappa shape index (κ1) is 12.4. The van der Waals surface area contributed by atoms with Gasteiger partial charge in [-0.2, -0.15) is 0 Å². The molecule has 0 aliphatic heterocycles. The number of benzene rings is 1. The van der Waals surface area contributed by atoms with Gasteiger partial charge in [-0.05, 0) is 19.4 Å². The van der Waals surface area contributed by atoms with Gasteiger partial charge in [0.25, 0.3) is 0 Å². The average Bonchev–Trinajstić information content (AvgIpc) is 3.06. The summed E-state index contributed by atoms with van der Waals surface area (Å²) >= 11 is 0. The van der Waals surface area contributed by atoms with E-state index < -0.39 is 0 Å². The minimum absolute atomic E-state index is 0.000469. The second-order valence-corrected chi connectivity index (χ2v) is 5.67. The lowest BCUT2D eigenvalue weighted by molar-refractivity contribution is 0.0898. The fourth-order valence-electron chi connectivity index (χ4n) is 3.20. The molecule has 21 heavy (non-hydrogen) atoms. The Morgan fingerprint density at radius 1 is 1.38 bits per heavy atom. The number of furan rings is 1. The van der Waals surface area contributed by atoms with Gasteiger partial charge in [0, 0.05) is 29.8 Å². The maximum absolute atomic E-state index is 12.8. The minimum Gasteiger partial charge on any atom is -0.460 e. The summed E-state index contributed by atoms with van der Waals surface area (Å²) in [6.07, 6.45) is 4.05. The van der Waals surface area contributed by atoms with E-state index in [2.05, 4.69) is 9.97 Å². The highest BCUT2D eigenvalue weighted by Crippen LogP contribution is 2.35. The first-order valence-electron chi connectivity index (χ1n) is 7.27. The van der Waals surface area contributed by atoms with Crippen molar-refractivity contribution in [2.75, 3.05) is 0 Å². The Morgan fingerprint density at radius 3 is 3.05 bits per heavy atom. The number of fused-ring (bicyclic) bond motifs is 3. The number of aromatic amines is 1. The van der Waals surface area contributed by atoms with Crippen LogP contribution in [0.2, 0.25) is 0 Å². The van der Waals surface area contributed by atoms with Crippen LogP contribution in [-0.4, -0.2) is 15.8 Å². The van der Waals surface area contributed by atoms with Gasteiger partial charge in [-0.3, -0.25) is 4.79 Å². The summed E-state index contributed by atoms with van der Waals surface area (Å²) < 4.78 is 5.83. The van der Waals surface area contributed by atoms with Crippen molar-refractivity contribution in [2.24, 2.45) is 5.92 Å². The van der Waals surface area contributed by atoms with E-state index in [-0.39, 0.29) is 11.7 Å². The number of hydrogen-bond acceptors (Lipinski definition) is 3. The summed E-state index contributed by atoms with van der Waals surface area (Å²) in [6, 6.07) is 7.78. The highest BCUT2D eigenvalue weighted by Gasteiger charge is 2.32. The van der Waals surface area contributed by atoms with Crippen LogP contribution in [0.4, 0.5) is 0 Å². The number of carbonyl (C=O) groups excluding carboxylic acids is 1. The molecule has 0 fully saturated rings. The van der Waals surface area contributed by atoms with E-state index in [4.69, 9.17) is 4.42 Å². The Balaban J connectivity index is 1.73. The van der Waals surface area contributed by atoms with Crippen molar-refractivity contribution < 1.29 is 9.21 Å². The molecule has 4 heteroatoms. The van der Waals surface area contributed by atoms with E-state index in [9.17, 15) is 4.79 Å². The monoisotopic (exact) mass is 280 g/mol. The van der Waals surface area contributed by atoms with Crippen LogP contribution >= 0.6 is 0 Å². The largest absolute Gasteiger partial charge is 0.460 e. The fraction of sp³-hybridized carbons (Fsp3) is 0.294. The van der Waals surface area contributed by atoms with Crippen molar-refractivity contribution in [3.63, 3.8) is 0 Å². The van der Waals surface area contributed by atoms with Crippen molar-refractivity contribution in [1.82, 2.24) is 9.97 Å². The molecule has 4 rings (SSSR count). The van der Waals surface area contributed by atoms with Crippen molar-refractivity contribution in [3.8, 4) is 0 Å². The lowest BCUT2D eigenvalue weighted by Gasteiger charge is -2.19. The molecule has 1 atom stereocenters. The van der Waals surface area contributed by atoms with Crippen LogP contribution in [0, 0.1) is 12.8 Å². The van der Waals surface area contributed by atoms with Gasteiger partial charge in [-0.25, -0.2) is 4.98 Å². The van der Waals surface area contributed by atoms with E-state index in [0.29, 0.717) is 6.42 Å². The minimum atomic E-state index is 0.000469. The van der Waals surface area contributed by atoms with Gasteiger partial charge in [0.2, 0.25) is 0 Å². The number of nitrogens with zero attached hydrogens (tertiary/aromatic N) is 1. The summed E-state index contributed by atoms with van der Waals surface area (Å²) in [5.41, 5.74) is 3.64. The number of H-pyrrole nitrogens is 1. The van der Waals surface area contributed by atoms with Crippen LogP contribution < -0.4 is 0 Å². The van der Waals surface area contributed by atoms with Crippen LogP contribution in [-0.2, 0) is 12.8 Å². The lowest BCUT2D eigenvalue weighted by Crippen LogP contribution is -2.24. The number of Topliss-reactive ketones (excluding diaryl/α,β-unsaturated/α-hetero) is 1. The van der Waals surface area contributed by atoms with Gasteiger partial charge >= 0.3 is 0 Å². The SMILES string of the molecule is Cc1[nH]cnc1CC1CCc2oc3ccccc3c2C1=O. The Labute approximate surface area is 122 Å². The predicted octanol–water partition coefficient (Wildman–Crippen LogP) is 3.45. The number of carbonyl (C=O) groups is 1. The average molecular weight is 280 g/mol. The second-order valence-electron chi connectivity index (χ2n) is 5.67. The zero-order valence-electron chi connectivity index (χ0n) is 11.8. The molecule has 0 saturated heterocycles. The normalized spacial score (nSPS) is 18.1. The van der Waals surface area contributed by atoms with E-state index in [0.717, 1.165) is 46.5 Å². The molecular formula is C17H16N2O2. The number of nitrogens with one attached hydrogen (secondary N) is 1. The third-order valence-electron chi connectivity index (χ3n) is 4.38. The van der Waals surface area contributed by atoms with Gasteiger partial charge in [-0.1, -0.05) is 18.2 Å². The fourth-order valence-corrected chi connectivity index (χ4v) is 3.20. The quantitative estimate of drug-likeness (QED) is 0.782. The van der Waals surface area contributed by atoms with Crippen molar-refractivity contribution >= 4 is 16.8 Å². The highest BCUT2D eigenvalue weighted by molar-refractivity contribution is 6.10. The van der Waals surface area contributed by atoms with Crippen LogP contribution in [0.15, 0.2) is 35.0 Å². The number of para-hydroxylation sites is 1. The molecule has 1 unspecified atom stereocenters. The molecule has 1 N–H and O–H groups in total. The molecule has 2 aromatic heterocycles. The molecule has 0 radical (unpaired) electrons. The summed E-state index contributed by atoms with van der Waals surface area (Å²) in [5.74, 6) is 1.04. The molecule has 1 aromatic carbocycles. The molecule has 2 heterocycles. The number of rotatable bonds is 2. The van der Waals surface area contributed by atoms with Gasteiger partial charge in [0.05, 0.1) is 17.6 Å².